The van der Waals surface area contributed by atoms with E-state index in [1.54, 1.807) is 6.20 Å². The maximum Gasteiger partial charge on any atom is -0.00773 e. The second-order valence-corrected chi connectivity index (χ2v) is 3.13. The summed E-state index contributed by atoms with van der Waals surface area (Å²) in [5.74, 6) is 0. The van der Waals surface area contributed by atoms with Crippen molar-refractivity contribution in [3.63, 3.8) is 0 Å². The van der Waals surface area contributed by atoms with Crippen molar-refractivity contribution in [2.24, 2.45) is 11.5 Å². The molecule has 0 aromatic rings. The van der Waals surface area contributed by atoms with Gasteiger partial charge in [-0.3, -0.25) is 0 Å². The molecule has 0 aliphatic carbocycles. The van der Waals surface area contributed by atoms with Crippen LogP contribution < -0.4 is 11.5 Å². The van der Waals surface area contributed by atoms with E-state index in [4.69, 9.17) is 11.5 Å². The second kappa shape index (κ2) is 11.2. The van der Waals surface area contributed by atoms with Gasteiger partial charge in [-0.15, -0.1) is 0 Å². The Labute approximate surface area is 81.7 Å². The molecule has 0 rings (SSSR count). The summed E-state index contributed by atoms with van der Waals surface area (Å²) in [6, 6.07) is 0. The zero-order valence-electron chi connectivity index (χ0n) is 8.41. The summed E-state index contributed by atoms with van der Waals surface area (Å²) >= 11 is 0. The molecule has 0 spiro atoms. The molecule has 0 aliphatic rings. The van der Waals surface area contributed by atoms with E-state index in [2.05, 4.69) is 12.2 Å². The van der Waals surface area contributed by atoms with E-state index in [0.717, 1.165) is 13.0 Å². The highest BCUT2D eigenvalue weighted by Gasteiger charge is 1.85. The predicted octanol–water partition coefficient (Wildman–Crippen LogP) is 2.31. The molecule has 0 radical (unpaired) electrons. The van der Waals surface area contributed by atoms with Crippen molar-refractivity contribution in [1.29, 1.82) is 0 Å². The van der Waals surface area contributed by atoms with Gasteiger partial charge in [0.15, 0.2) is 0 Å². The quantitative estimate of drug-likeness (QED) is 0.447. The molecule has 0 heterocycles. The summed E-state index contributed by atoms with van der Waals surface area (Å²) in [7, 11) is 0. The number of nitrogens with two attached hydrogens (primary N) is 2. The molecular formula is C11H22N2. The van der Waals surface area contributed by atoms with Crippen LogP contribution in [0.25, 0.3) is 0 Å². The molecule has 0 aliphatic heterocycles. The standard InChI is InChI=1S/C11H22N2/c12-10-8-6-4-2-1-3-5-7-9-11-13/h2,4,8,10H,1,3,5-7,9,11-13H2. The van der Waals surface area contributed by atoms with Gasteiger partial charge < -0.3 is 11.5 Å². The average molecular weight is 182 g/mol. The minimum atomic E-state index is 0.830. The topological polar surface area (TPSA) is 52.0 Å². The lowest BCUT2D eigenvalue weighted by Crippen LogP contribution is -1.97. The number of hydrogen-bond acceptors (Lipinski definition) is 2. The van der Waals surface area contributed by atoms with E-state index < -0.39 is 0 Å². The number of hydrogen-bond donors (Lipinski definition) is 2. The molecule has 76 valence electrons. The molecule has 0 aromatic carbocycles. The van der Waals surface area contributed by atoms with Gasteiger partial charge in [-0.05, 0) is 38.4 Å². The first kappa shape index (κ1) is 12.2. The fraction of sp³-hybridized carbons (Fsp3) is 0.636. The summed E-state index contributed by atoms with van der Waals surface area (Å²) in [5, 5.41) is 0. The van der Waals surface area contributed by atoms with Crippen LogP contribution in [-0.4, -0.2) is 6.54 Å². The third kappa shape index (κ3) is 11.2. The average Bonchev–Trinajstić information content (AvgIpc) is 2.16. The third-order valence-electron chi connectivity index (χ3n) is 1.90. The fourth-order valence-corrected chi connectivity index (χ4v) is 1.13. The van der Waals surface area contributed by atoms with Gasteiger partial charge in [-0.2, -0.15) is 0 Å². The Morgan fingerprint density at radius 3 is 2.31 bits per heavy atom. The van der Waals surface area contributed by atoms with Gasteiger partial charge >= 0.3 is 0 Å². The molecule has 0 amide bonds. The largest absolute Gasteiger partial charge is 0.405 e. The molecule has 0 saturated carbocycles. The number of rotatable bonds is 8. The van der Waals surface area contributed by atoms with Crippen LogP contribution in [0.5, 0.6) is 0 Å². The zero-order valence-corrected chi connectivity index (χ0v) is 8.41. The Morgan fingerprint density at radius 2 is 1.62 bits per heavy atom. The van der Waals surface area contributed by atoms with E-state index in [1.807, 2.05) is 6.08 Å². The predicted molar refractivity (Wildman–Crippen MR) is 59.2 cm³/mol. The van der Waals surface area contributed by atoms with Crippen LogP contribution in [0.2, 0.25) is 0 Å². The van der Waals surface area contributed by atoms with E-state index >= 15 is 0 Å². The summed E-state index contributed by atoms with van der Waals surface area (Å²) < 4.78 is 0. The lowest BCUT2D eigenvalue weighted by atomic mass is 10.1. The van der Waals surface area contributed by atoms with Gasteiger partial charge in [-0.25, -0.2) is 0 Å². The molecule has 0 bridgehead atoms. The fourth-order valence-electron chi connectivity index (χ4n) is 1.13. The minimum absolute atomic E-state index is 0.830. The summed E-state index contributed by atoms with van der Waals surface area (Å²) in [4.78, 5) is 0. The molecule has 4 N–H and O–H groups in total. The lowest BCUT2D eigenvalue weighted by Gasteiger charge is -1.95. The highest BCUT2D eigenvalue weighted by molar-refractivity contribution is 4.90. The third-order valence-corrected chi connectivity index (χ3v) is 1.90. The van der Waals surface area contributed by atoms with Crippen molar-refractivity contribution in [3.05, 3.63) is 24.4 Å². The highest BCUT2D eigenvalue weighted by Crippen LogP contribution is 2.03. The Bertz CT molecular complexity index is 139. The van der Waals surface area contributed by atoms with Gasteiger partial charge in [0.25, 0.3) is 0 Å². The normalized spacial score (nSPS) is 11.8. The first-order valence-electron chi connectivity index (χ1n) is 5.13. The van der Waals surface area contributed by atoms with Crippen LogP contribution in [0.4, 0.5) is 0 Å². The SMILES string of the molecule is NC=CCC=CCCCCCCN. The maximum absolute atomic E-state index is 5.39. The van der Waals surface area contributed by atoms with Gasteiger partial charge in [0.1, 0.15) is 0 Å². The Hall–Kier alpha value is -0.760. The van der Waals surface area contributed by atoms with Crippen LogP contribution in [-0.2, 0) is 0 Å². The van der Waals surface area contributed by atoms with Crippen LogP contribution in [0.1, 0.15) is 38.5 Å². The first-order valence-corrected chi connectivity index (χ1v) is 5.13. The first-order chi connectivity index (χ1) is 6.41. The van der Waals surface area contributed by atoms with E-state index in [1.165, 1.54) is 32.1 Å². The summed E-state index contributed by atoms with van der Waals surface area (Å²) in [6.45, 7) is 0.830. The molecule has 2 heteroatoms. The maximum atomic E-state index is 5.39. The molecule has 0 atom stereocenters. The second-order valence-electron chi connectivity index (χ2n) is 3.13. The molecule has 2 nitrogen and oxygen atoms in total. The highest BCUT2D eigenvalue weighted by atomic mass is 14.5. The van der Waals surface area contributed by atoms with Gasteiger partial charge in [0, 0.05) is 0 Å². The Morgan fingerprint density at radius 1 is 0.846 bits per heavy atom. The van der Waals surface area contributed by atoms with Gasteiger partial charge in [0.2, 0.25) is 0 Å². The summed E-state index contributed by atoms with van der Waals surface area (Å²) in [6.07, 6.45) is 15.1. The van der Waals surface area contributed by atoms with Crippen molar-refractivity contribution in [3.8, 4) is 0 Å². The monoisotopic (exact) mass is 182 g/mol. The van der Waals surface area contributed by atoms with Crippen molar-refractivity contribution in [2.45, 2.75) is 38.5 Å². The molecule has 0 fully saturated rings. The smallest absolute Gasteiger partial charge is 0.00773 e. The number of unbranched alkanes of at least 4 members (excludes halogenated alkanes) is 4. The van der Waals surface area contributed by atoms with Crippen molar-refractivity contribution in [2.75, 3.05) is 6.54 Å². The molecule has 0 aromatic heterocycles. The van der Waals surface area contributed by atoms with Gasteiger partial charge in [-0.1, -0.05) is 31.1 Å². The summed E-state index contributed by atoms with van der Waals surface area (Å²) in [5.41, 5.74) is 10.6. The minimum Gasteiger partial charge on any atom is -0.405 e. The van der Waals surface area contributed by atoms with Crippen LogP contribution in [0.3, 0.4) is 0 Å². The van der Waals surface area contributed by atoms with Gasteiger partial charge in [0.05, 0.1) is 0 Å². The lowest BCUT2D eigenvalue weighted by molar-refractivity contribution is 0.652. The Kier molecular flexibility index (Phi) is 10.6. The van der Waals surface area contributed by atoms with Crippen molar-refractivity contribution >= 4 is 0 Å². The zero-order chi connectivity index (χ0) is 9.78. The van der Waals surface area contributed by atoms with E-state index in [9.17, 15) is 0 Å². The van der Waals surface area contributed by atoms with Crippen LogP contribution in [0.15, 0.2) is 24.4 Å². The molecular weight excluding hydrogens is 160 g/mol. The van der Waals surface area contributed by atoms with Crippen LogP contribution in [0, 0.1) is 0 Å². The van der Waals surface area contributed by atoms with Crippen LogP contribution >= 0.6 is 0 Å². The molecule has 13 heavy (non-hydrogen) atoms. The molecule has 0 unspecified atom stereocenters. The Balaban J connectivity index is 3.02. The van der Waals surface area contributed by atoms with Crippen molar-refractivity contribution in [1.82, 2.24) is 0 Å². The number of allylic oxidation sites excluding steroid dienone is 3. The van der Waals surface area contributed by atoms with E-state index in [-0.39, 0.29) is 0 Å². The molecule has 0 saturated heterocycles. The van der Waals surface area contributed by atoms with E-state index in [0.29, 0.717) is 0 Å². The van der Waals surface area contributed by atoms with Crippen molar-refractivity contribution < 1.29 is 0 Å².